The van der Waals surface area contributed by atoms with Gasteiger partial charge in [-0.05, 0) is 24.1 Å². The molecule has 0 spiro atoms. The van der Waals surface area contributed by atoms with Crippen molar-refractivity contribution in [2.75, 3.05) is 6.54 Å². The molecule has 0 aliphatic carbocycles. The quantitative estimate of drug-likeness (QED) is 0.110. The summed E-state index contributed by atoms with van der Waals surface area (Å²) in [4.78, 5) is 25.1. The van der Waals surface area contributed by atoms with Crippen molar-refractivity contribution in [3.63, 3.8) is 0 Å². The summed E-state index contributed by atoms with van der Waals surface area (Å²) >= 11 is 0. The van der Waals surface area contributed by atoms with Gasteiger partial charge in [0.25, 0.3) is 0 Å². The number of nitrogens with one attached hydrogen (secondary N) is 2. The van der Waals surface area contributed by atoms with Gasteiger partial charge < -0.3 is 20.1 Å². The maximum Gasteiger partial charge on any atom is 0.412 e. The molecule has 0 radical (unpaired) electrons. The van der Waals surface area contributed by atoms with Crippen LogP contribution in [0.1, 0.15) is 115 Å². The maximum atomic E-state index is 12.6. The lowest BCUT2D eigenvalue weighted by Crippen LogP contribution is -2.28. The molecule has 0 fully saturated rings. The molecule has 2 amide bonds. The third-order valence-electron chi connectivity index (χ3n) is 8.05. The van der Waals surface area contributed by atoms with Crippen LogP contribution in [-0.2, 0) is 6.54 Å². The number of rotatable bonds is 22. The van der Waals surface area contributed by atoms with Crippen molar-refractivity contribution in [1.29, 1.82) is 0 Å². The summed E-state index contributed by atoms with van der Waals surface area (Å²) in [6.07, 6.45) is 20.0. The van der Waals surface area contributed by atoms with Gasteiger partial charge in [0.1, 0.15) is 11.5 Å². The largest absolute Gasteiger partial charge is 0.412 e. The Morgan fingerprint density at radius 3 is 1.38 bits per heavy atom. The molecule has 2 N–H and O–H groups in total. The second-order valence-electron chi connectivity index (χ2n) is 11.8. The molecule has 0 unspecified atom stereocenters. The van der Waals surface area contributed by atoms with Gasteiger partial charge in [0.05, 0.1) is 0 Å². The number of ether oxygens (including phenoxy) is 2. The zero-order valence-corrected chi connectivity index (χ0v) is 27.4. The Morgan fingerprint density at radius 2 is 0.889 bits per heavy atom. The summed E-state index contributed by atoms with van der Waals surface area (Å²) in [5, 5.41) is 5.66. The molecule has 6 heteroatoms. The predicted molar refractivity (Wildman–Crippen MR) is 185 cm³/mol. The monoisotopic (exact) mass is 614 g/mol. The molecule has 3 aromatic rings. The number of hydrogen-bond acceptors (Lipinski definition) is 4. The molecule has 0 saturated carbocycles. The molecule has 0 saturated heterocycles. The molecule has 3 rings (SSSR count). The van der Waals surface area contributed by atoms with Gasteiger partial charge in [-0.1, -0.05) is 170 Å². The van der Waals surface area contributed by atoms with Gasteiger partial charge in [0, 0.05) is 24.2 Å². The van der Waals surface area contributed by atoms with Gasteiger partial charge in [-0.2, -0.15) is 0 Å². The summed E-state index contributed by atoms with van der Waals surface area (Å²) in [5.41, 5.74) is 2.31. The predicted octanol–water partition coefficient (Wildman–Crippen LogP) is 11.0. The van der Waals surface area contributed by atoms with E-state index in [2.05, 4.69) is 17.6 Å². The number of carbonyl (C=O) groups is 2. The first-order chi connectivity index (χ1) is 22.2. The van der Waals surface area contributed by atoms with Crippen LogP contribution in [0.4, 0.5) is 9.59 Å². The highest BCUT2D eigenvalue weighted by Gasteiger charge is 2.16. The van der Waals surface area contributed by atoms with Crippen LogP contribution in [-0.4, -0.2) is 18.7 Å². The second-order valence-corrected chi connectivity index (χ2v) is 11.8. The highest BCUT2D eigenvalue weighted by atomic mass is 16.6. The summed E-state index contributed by atoms with van der Waals surface area (Å²) in [5.74, 6) is 0.787. The molecule has 0 aliphatic rings. The highest BCUT2D eigenvalue weighted by Crippen LogP contribution is 2.36. The van der Waals surface area contributed by atoms with E-state index in [1.54, 1.807) is 18.2 Å². The van der Waals surface area contributed by atoms with Crippen LogP contribution in [0.15, 0.2) is 78.9 Å². The van der Waals surface area contributed by atoms with Crippen molar-refractivity contribution >= 4 is 12.2 Å². The minimum Gasteiger partial charge on any atom is -0.410 e. The Balaban J connectivity index is 1.30. The summed E-state index contributed by atoms with van der Waals surface area (Å²) in [6.45, 7) is 3.22. The number of hydrogen-bond donors (Lipinski definition) is 2. The fourth-order valence-corrected chi connectivity index (χ4v) is 5.46. The van der Waals surface area contributed by atoms with Crippen LogP contribution < -0.4 is 20.1 Å². The number of benzene rings is 3. The standard InChI is InChI=1S/C39H54N2O4/c1-2-3-4-5-6-7-8-9-10-11-12-13-14-15-16-24-31-40-38(42)44-36-29-22-20-27-34(36)35-28-21-23-30-37(35)45-39(43)41-32-33-25-18-17-19-26-33/h17-23,25-30H,2-16,24,31-32H2,1H3,(H,40,42)(H,41,43). The van der Waals surface area contributed by atoms with E-state index in [0.717, 1.165) is 18.4 Å². The SMILES string of the molecule is CCCCCCCCCCCCCCCCCCNC(=O)Oc1ccccc1-c1ccccc1OC(=O)NCc1ccccc1. The van der Waals surface area contributed by atoms with Crippen LogP contribution in [0.5, 0.6) is 11.5 Å². The van der Waals surface area contributed by atoms with Gasteiger partial charge >= 0.3 is 12.2 Å². The van der Waals surface area contributed by atoms with Gasteiger partial charge in [-0.25, -0.2) is 9.59 Å². The Kier molecular flexibility index (Phi) is 18.0. The average Bonchev–Trinajstić information content (AvgIpc) is 3.06. The highest BCUT2D eigenvalue weighted by molar-refractivity contribution is 5.82. The second kappa shape index (κ2) is 22.7. The lowest BCUT2D eigenvalue weighted by molar-refractivity contribution is 0.198. The van der Waals surface area contributed by atoms with E-state index in [1.165, 1.54) is 89.9 Å². The van der Waals surface area contributed by atoms with Crippen molar-refractivity contribution in [3.05, 3.63) is 84.4 Å². The van der Waals surface area contributed by atoms with Crippen molar-refractivity contribution < 1.29 is 19.1 Å². The van der Waals surface area contributed by atoms with Crippen molar-refractivity contribution in [2.45, 2.75) is 116 Å². The molecule has 0 heterocycles. The number of unbranched alkanes of at least 4 members (excludes halogenated alkanes) is 15. The van der Waals surface area contributed by atoms with E-state index in [0.29, 0.717) is 35.7 Å². The van der Waals surface area contributed by atoms with Crippen LogP contribution in [0.3, 0.4) is 0 Å². The Morgan fingerprint density at radius 1 is 0.489 bits per heavy atom. The van der Waals surface area contributed by atoms with Gasteiger partial charge in [-0.15, -0.1) is 0 Å². The van der Waals surface area contributed by atoms with Crippen LogP contribution in [0.25, 0.3) is 11.1 Å². The minimum absolute atomic E-state index is 0.362. The molecule has 0 atom stereocenters. The van der Waals surface area contributed by atoms with Crippen molar-refractivity contribution in [1.82, 2.24) is 10.6 Å². The van der Waals surface area contributed by atoms with Crippen molar-refractivity contribution in [2.24, 2.45) is 0 Å². The van der Waals surface area contributed by atoms with Crippen molar-refractivity contribution in [3.8, 4) is 22.6 Å². The first kappa shape index (κ1) is 35.7. The Bertz CT molecular complexity index is 1230. The van der Waals surface area contributed by atoms with Crippen LogP contribution in [0, 0.1) is 0 Å². The molecule has 244 valence electrons. The lowest BCUT2D eigenvalue weighted by atomic mass is 10.0. The molecule has 6 nitrogen and oxygen atoms in total. The lowest BCUT2D eigenvalue weighted by Gasteiger charge is -2.14. The molecule has 45 heavy (non-hydrogen) atoms. The molecular formula is C39H54N2O4. The van der Waals surface area contributed by atoms with Gasteiger partial charge in [0.15, 0.2) is 0 Å². The van der Waals surface area contributed by atoms with E-state index < -0.39 is 12.2 Å². The summed E-state index contributed by atoms with van der Waals surface area (Å²) in [6, 6.07) is 24.2. The minimum atomic E-state index is -0.554. The zero-order chi connectivity index (χ0) is 31.8. The average molecular weight is 615 g/mol. The van der Waals surface area contributed by atoms with Crippen LogP contribution >= 0.6 is 0 Å². The Labute approximate surface area is 271 Å². The summed E-state index contributed by atoms with van der Waals surface area (Å²) in [7, 11) is 0. The van der Waals surface area contributed by atoms with E-state index in [-0.39, 0.29) is 0 Å². The fourth-order valence-electron chi connectivity index (χ4n) is 5.46. The molecule has 0 aliphatic heterocycles. The third-order valence-corrected chi connectivity index (χ3v) is 8.05. The number of para-hydroxylation sites is 2. The molecule has 3 aromatic carbocycles. The maximum absolute atomic E-state index is 12.6. The molecule has 0 aromatic heterocycles. The van der Waals surface area contributed by atoms with E-state index in [1.807, 2.05) is 60.7 Å². The van der Waals surface area contributed by atoms with E-state index in [9.17, 15) is 9.59 Å². The van der Waals surface area contributed by atoms with E-state index in [4.69, 9.17) is 9.47 Å². The van der Waals surface area contributed by atoms with Gasteiger partial charge in [-0.3, -0.25) is 0 Å². The fraction of sp³-hybridized carbons (Fsp3) is 0.487. The number of amides is 2. The first-order valence-corrected chi connectivity index (χ1v) is 17.3. The number of carbonyl (C=O) groups excluding carboxylic acids is 2. The Hall–Kier alpha value is -3.80. The normalized spacial score (nSPS) is 10.8. The zero-order valence-electron chi connectivity index (χ0n) is 27.4. The molecular weight excluding hydrogens is 560 g/mol. The smallest absolute Gasteiger partial charge is 0.410 e. The summed E-state index contributed by atoms with van der Waals surface area (Å²) < 4.78 is 11.3. The topological polar surface area (TPSA) is 76.7 Å². The molecule has 0 bridgehead atoms. The first-order valence-electron chi connectivity index (χ1n) is 17.3. The van der Waals surface area contributed by atoms with Gasteiger partial charge in [0.2, 0.25) is 0 Å². The third kappa shape index (κ3) is 15.2. The van der Waals surface area contributed by atoms with E-state index >= 15 is 0 Å². The van der Waals surface area contributed by atoms with Crippen LogP contribution in [0.2, 0.25) is 0 Å².